The number of fused-ring (bicyclic) bond motifs is 1. The first-order chi connectivity index (χ1) is 12.5. The molecule has 0 radical (unpaired) electrons. The van der Waals surface area contributed by atoms with Gasteiger partial charge in [-0.3, -0.25) is 14.9 Å². The Morgan fingerprint density at radius 3 is 2.77 bits per heavy atom. The lowest BCUT2D eigenvalue weighted by Crippen LogP contribution is -2.25. The maximum absolute atomic E-state index is 12.5. The normalized spacial score (nSPS) is 16.5. The number of carbonyl (C=O) groups excluding carboxylic acids is 2. The summed E-state index contributed by atoms with van der Waals surface area (Å²) < 4.78 is 0. The second-order valence-electron chi connectivity index (χ2n) is 6.64. The fourth-order valence-electron chi connectivity index (χ4n) is 3.37. The molecule has 1 atom stereocenters. The number of aromatic nitrogens is 2. The number of nitrogens with one attached hydrogen (secondary N) is 1. The van der Waals surface area contributed by atoms with Gasteiger partial charge in [0.1, 0.15) is 0 Å². The number of carbonyl (C=O) groups is 2. The zero-order valence-electron chi connectivity index (χ0n) is 15.0. The van der Waals surface area contributed by atoms with Gasteiger partial charge in [0.15, 0.2) is 5.78 Å². The molecule has 0 saturated heterocycles. The Morgan fingerprint density at radius 1 is 1.31 bits per heavy atom. The second kappa shape index (κ2) is 7.96. The minimum absolute atomic E-state index is 0.0223. The molecule has 0 unspecified atom stereocenters. The number of rotatable bonds is 5. The molecule has 1 heterocycles. The van der Waals surface area contributed by atoms with E-state index in [4.69, 9.17) is 11.6 Å². The monoisotopic (exact) mass is 371 g/mol. The van der Waals surface area contributed by atoms with Gasteiger partial charge < -0.3 is 0 Å². The summed E-state index contributed by atoms with van der Waals surface area (Å²) in [6.45, 7) is 3.96. The molecule has 1 aromatic heterocycles. The largest absolute Gasteiger partial charge is 0.294 e. The van der Waals surface area contributed by atoms with Crippen LogP contribution in [0, 0.1) is 5.92 Å². The van der Waals surface area contributed by atoms with E-state index in [9.17, 15) is 9.59 Å². The van der Waals surface area contributed by atoms with Crippen LogP contribution in [-0.2, 0) is 11.2 Å². The molecule has 2 aromatic rings. The van der Waals surface area contributed by atoms with Crippen molar-refractivity contribution in [2.45, 2.75) is 45.4 Å². The van der Waals surface area contributed by atoms with Crippen molar-refractivity contribution >= 4 is 29.2 Å². The number of hydrogen-bond donors (Lipinski definition) is 1. The summed E-state index contributed by atoms with van der Waals surface area (Å²) in [7, 11) is 0. The average molecular weight is 372 g/mol. The summed E-state index contributed by atoms with van der Waals surface area (Å²) >= 11 is 6.08. The number of benzene rings is 1. The first-order valence-electron chi connectivity index (χ1n) is 8.97. The van der Waals surface area contributed by atoms with Crippen LogP contribution in [0.2, 0.25) is 5.02 Å². The predicted molar refractivity (Wildman–Crippen MR) is 102 cm³/mol. The zero-order valence-corrected chi connectivity index (χ0v) is 15.7. The summed E-state index contributed by atoms with van der Waals surface area (Å²) in [5, 5.41) is 3.43. The average Bonchev–Trinajstić information content (AvgIpc) is 2.62. The smallest absolute Gasteiger partial charge is 0.229 e. The van der Waals surface area contributed by atoms with Crippen molar-refractivity contribution in [2.75, 3.05) is 5.32 Å². The molecule has 1 aromatic carbocycles. The summed E-state index contributed by atoms with van der Waals surface area (Å²) in [6, 6.07) is 7.57. The number of nitrogens with zero attached hydrogens (tertiary/aromatic N) is 2. The van der Waals surface area contributed by atoms with Gasteiger partial charge in [0.05, 0.1) is 11.3 Å². The minimum Gasteiger partial charge on any atom is -0.294 e. The molecule has 1 N–H and O–H groups in total. The maximum atomic E-state index is 12.5. The van der Waals surface area contributed by atoms with Crippen molar-refractivity contribution in [1.82, 2.24) is 9.97 Å². The van der Waals surface area contributed by atoms with E-state index in [1.165, 1.54) is 6.20 Å². The number of ketones is 1. The molecule has 1 aliphatic rings. The third-order valence-electron chi connectivity index (χ3n) is 4.95. The molecule has 3 rings (SSSR count). The Bertz CT molecular complexity index is 834. The molecule has 1 amide bonds. The van der Waals surface area contributed by atoms with Crippen molar-refractivity contribution in [3.63, 3.8) is 0 Å². The topological polar surface area (TPSA) is 72.0 Å². The Morgan fingerprint density at radius 2 is 2.08 bits per heavy atom. The lowest BCUT2D eigenvalue weighted by atomic mass is 9.82. The van der Waals surface area contributed by atoms with Crippen molar-refractivity contribution in [3.05, 3.63) is 52.3 Å². The van der Waals surface area contributed by atoms with Crippen LogP contribution in [0.3, 0.4) is 0 Å². The summed E-state index contributed by atoms with van der Waals surface area (Å²) in [6.07, 6.45) is 4.10. The molecule has 0 spiro atoms. The number of anilines is 1. The van der Waals surface area contributed by atoms with Gasteiger partial charge in [-0.25, -0.2) is 9.97 Å². The van der Waals surface area contributed by atoms with Crippen LogP contribution in [0.4, 0.5) is 5.95 Å². The molecule has 0 bridgehead atoms. The molecular formula is C20H22ClN3O2. The van der Waals surface area contributed by atoms with Crippen molar-refractivity contribution in [2.24, 2.45) is 5.92 Å². The van der Waals surface area contributed by atoms with E-state index in [2.05, 4.69) is 15.3 Å². The van der Waals surface area contributed by atoms with Crippen LogP contribution in [-0.4, -0.2) is 21.7 Å². The fourth-order valence-corrected chi connectivity index (χ4v) is 3.57. The lowest BCUT2D eigenvalue weighted by molar-refractivity contribution is -0.120. The molecule has 0 aliphatic heterocycles. The predicted octanol–water partition coefficient (Wildman–Crippen LogP) is 4.42. The van der Waals surface area contributed by atoms with Crippen molar-refractivity contribution in [1.29, 1.82) is 0 Å². The quantitative estimate of drug-likeness (QED) is 0.844. The third kappa shape index (κ3) is 3.93. The minimum atomic E-state index is -0.0801. The summed E-state index contributed by atoms with van der Waals surface area (Å²) in [5.74, 6) is 0.180. The molecule has 0 fully saturated rings. The highest BCUT2D eigenvalue weighted by Gasteiger charge is 2.28. The van der Waals surface area contributed by atoms with Crippen LogP contribution in [0.5, 0.6) is 0 Å². The van der Waals surface area contributed by atoms with Crippen LogP contribution in [0.15, 0.2) is 30.5 Å². The van der Waals surface area contributed by atoms with Crippen LogP contribution < -0.4 is 5.32 Å². The van der Waals surface area contributed by atoms with Crippen LogP contribution in [0.1, 0.15) is 60.6 Å². The summed E-state index contributed by atoms with van der Waals surface area (Å²) in [4.78, 5) is 33.4. The highest BCUT2D eigenvalue weighted by molar-refractivity contribution is 6.30. The standard InChI is InChI=1S/C20H22ClN3O2/c1-3-12(4-2)19(26)24-20-22-11-16-17(23-20)9-14(10-18(16)25)13-6-5-7-15(21)8-13/h5-8,11-12,14H,3-4,9-10H2,1-2H3,(H,22,23,24,26)/t14-/m0/s1. The molecule has 6 heteroatoms. The zero-order chi connectivity index (χ0) is 18.7. The van der Waals surface area contributed by atoms with Gasteiger partial charge in [-0.2, -0.15) is 0 Å². The molecule has 136 valence electrons. The van der Waals surface area contributed by atoms with Gasteiger partial charge in [0.25, 0.3) is 0 Å². The maximum Gasteiger partial charge on any atom is 0.229 e. The van der Waals surface area contributed by atoms with Crippen molar-refractivity contribution in [3.8, 4) is 0 Å². The lowest BCUT2D eigenvalue weighted by Gasteiger charge is -2.23. The Hall–Kier alpha value is -2.27. The number of Topliss-reactive ketones (excluding diaryl/α,β-unsaturated/α-hetero) is 1. The van der Waals surface area contributed by atoms with Crippen LogP contribution in [0.25, 0.3) is 0 Å². The second-order valence-corrected chi connectivity index (χ2v) is 7.08. The van der Waals surface area contributed by atoms with Gasteiger partial charge in [-0.05, 0) is 42.9 Å². The van der Waals surface area contributed by atoms with Crippen LogP contribution >= 0.6 is 11.6 Å². The van der Waals surface area contributed by atoms with E-state index in [0.717, 1.165) is 18.4 Å². The van der Waals surface area contributed by atoms with Gasteiger partial charge in [0.2, 0.25) is 11.9 Å². The fraction of sp³-hybridized carbons (Fsp3) is 0.400. The first-order valence-corrected chi connectivity index (χ1v) is 9.35. The van der Waals surface area contributed by atoms with E-state index in [-0.39, 0.29) is 29.5 Å². The van der Waals surface area contributed by atoms with Crippen molar-refractivity contribution < 1.29 is 9.59 Å². The molecule has 0 saturated carbocycles. The Kier molecular flexibility index (Phi) is 5.67. The molecule has 26 heavy (non-hydrogen) atoms. The molecule has 1 aliphatic carbocycles. The molecular weight excluding hydrogens is 350 g/mol. The molecule has 5 nitrogen and oxygen atoms in total. The van der Waals surface area contributed by atoms with Gasteiger partial charge >= 0.3 is 0 Å². The van der Waals surface area contributed by atoms with Gasteiger partial charge in [0, 0.05) is 23.6 Å². The number of hydrogen-bond acceptors (Lipinski definition) is 4. The first kappa shape index (κ1) is 18.5. The highest BCUT2D eigenvalue weighted by atomic mass is 35.5. The number of halogens is 1. The Labute approximate surface area is 158 Å². The van der Waals surface area contributed by atoms with E-state index in [1.54, 1.807) is 0 Å². The van der Waals surface area contributed by atoms with E-state index in [0.29, 0.717) is 29.1 Å². The third-order valence-corrected chi connectivity index (χ3v) is 5.19. The van der Waals surface area contributed by atoms with Gasteiger partial charge in [-0.1, -0.05) is 37.6 Å². The highest BCUT2D eigenvalue weighted by Crippen LogP contribution is 2.33. The Balaban J connectivity index is 1.83. The van der Waals surface area contributed by atoms with E-state index in [1.807, 2.05) is 38.1 Å². The van der Waals surface area contributed by atoms with E-state index < -0.39 is 0 Å². The SMILES string of the molecule is CCC(CC)C(=O)Nc1ncc2c(n1)C[C@H](c1cccc(Cl)c1)CC2=O. The van der Waals surface area contributed by atoms with Gasteiger partial charge in [-0.15, -0.1) is 0 Å². The number of amides is 1. The van der Waals surface area contributed by atoms with E-state index >= 15 is 0 Å². The summed E-state index contributed by atoms with van der Waals surface area (Å²) in [5.41, 5.74) is 2.25.